The van der Waals surface area contributed by atoms with Crippen LogP contribution in [0, 0.1) is 0 Å². The van der Waals surface area contributed by atoms with Gasteiger partial charge in [0.2, 0.25) is 5.91 Å². The lowest BCUT2D eigenvalue weighted by Gasteiger charge is -2.51. The summed E-state index contributed by atoms with van der Waals surface area (Å²) < 4.78 is 55.8. The highest BCUT2D eigenvalue weighted by Crippen LogP contribution is 2.38. The molecule has 3 aliphatic heterocycles. The Morgan fingerprint density at radius 3 is 1.77 bits per heavy atom. The minimum absolute atomic E-state index is 0.0495. The molecule has 0 saturated carbocycles. The van der Waals surface area contributed by atoms with Gasteiger partial charge in [-0.2, -0.15) is 0 Å². The zero-order chi connectivity index (χ0) is 44.3. The van der Waals surface area contributed by atoms with Gasteiger partial charge in [-0.15, -0.1) is 6.58 Å². The standard InChI is InChI=1S/C45H50N2O15/c1-6-21-55-40-36(46-26(2)48)44(57-23-31-17-11-8-12-18-31)60-34(24-54-22-30-15-9-7-10-16-30)38(40)62-45-37(47-42(52)32-19-13-14-20-33(32)43(47)53)41(59-29(5)51)39(58-28(4)50)35(61-45)25-56-27(3)49/h6-20,34-41,44-45H,1,21-25H2,2-5H3,(H,46,48)/t34-,35-,36-,37-,38+,39+,40-,41-,44+,45+/m1/s1. The predicted octanol–water partition coefficient (Wildman–Crippen LogP) is 3.42. The van der Waals surface area contributed by atoms with Gasteiger partial charge in [0.25, 0.3) is 11.8 Å². The first-order valence-electron chi connectivity index (χ1n) is 20.0. The predicted molar refractivity (Wildman–Crippen MR) is 216 cm³/mol. The van der Waals surface area contributed by atoms with E-state index in [1.54, 1.807) is 12.1 Å². The van der Waals surface area contributed by atoms with Crippen LogP contribution < -0.4 is 5.32 Å². The van der Waals surface area contributed by atoms with E-state index in [9.17, 15) is 28.8 Å². The second-order valence-corrected chi connectivity index (χ2v) is 14.8. The number of esters is 3. The SMILES string of the molecule is C=CCO[C@@H]1[C@@H](NC(C)=O)[C@@H](OCc2ccccc2)O[C@H](COCc2ccccc2)[C@@H]1O[C@@H]1O[C@H](COC(C)=O)[C@H](OC(C)=O)[C@H](OC(C)=O)[C@H]1N1C(=O)c2ccccc2C1=O. The van der Waals surface area contributed by atoms with Gasteiger partial charge in [-0.1, -0.05) is 78.9 Å². The third kappa shape index (κ3) is 11.2. The van der Waals surface area contributed by atoms with Gasteiger partial charge in [0, 0.05) is 27.7 Å². The Kier molecular flexibility index (Phi) is 15.7. The van der Waals surface area contributed by atoms with Gasteiger partial charge in [0.1, 0.15) is 43.1 Å². The first kappa shape index (κ1) is 45.7. The summed E-state index contributed by atoms with van der Waals surface area (Å²) in [6.45, 7) is 7.94. The van der Waals surface area contributed by atoms with Crippen molar-refractivity contribution in [2.24, 2.45) is 0 Å². The third-order valence-corrected chi connectivity index (χ3v) is 10.2. The molecule has 6 rings (SSSR count). The monoisotopic (exact) mass is 858 g/mol. The number of ether oxygens (including phenoxy) is 9. The summed E-state index contributed by atoms with van der Waals surface area (Å²) in [5, 5.41) is 2.88. The molecule has 17 nitrogen and oxygen atoms in total. The zero-order valence-electron chi connectivity index (χ0n) is 34.7. The quantitative estimate of drug-likeness (QED) is 0.0844. The molecule has 3 aliphatic rings. The number of rotatable bonds is 18. The van der Waals surface area contributed by atoms with E-state index in [-0.39, 0.29) is 37.6 Å². The van der Waals surface area contributed by atoms with E-state index in [4.69, 9.17) is 42.6 Å². The molecular formula is C45H50N2O15. The van der Waals surface area contributed by atoms with Crippen LogP contribution in [-0.2, 0) is 75.0 Å². The number of imide groups is 1. The second-order valence-electron chi connectivity index (χ2n) is 14.8. The smallest absolute Gasteiger partial charge is 0.303 e. The maximum Gasteiger partial charge on any atom is 0.303 e. The fourth-order valence-corrected chi connectivity index (χ4v) is 7.63. The Labute approximate surface area is 358 Å². The number of hydrogen-bond acceptors (Lipinski definition) is 15. The average Bonchev–Trinajstić information content (AvgIpc) is 3.49. The van der Waals surface area contributed by atoms with Crippen LogP contribution in [-0.4, -0.2) is 122 Å². The molecule has 0 aliphatic carbocycles. The van der Waals surface area contributed by atoms with Crippen molar-refractivity contribution in [2.45, 2.75) is 102 Å². The molecule has 2 fully saturated rings. The van der Waals surface area contributed by atoms with Crippen LogP contribution in [0.2, 0.25) is 0 Å². The maximum absolute atomic E-state index is 14.3. The fraction of sp³-hybridized carbons (Fsp3) is 0.422. The largest absolute Gasteiger partial charge is 0.463 e. The van der Waals surface area contributed by atoms with Crippen LogP contribution in [0.25, 0.3) is 0 Å². The summed E-state index contributed by atoms with van der Waals surface area (Å²) in [6.07, 6.45) is -9.49. The number of benzene rings is 3. The van der Waals surface area contributed by atoms with Crippen molar-refractivity contribution in [2.75, 3.05) is 19.8 Å². The van der Waals surface area contributed by atoms with Crippen LogP contribution >= 0.6 is 0 Å². The van der Waals surface area contributed by atoms with Gasteiger partial charge in [-0.05, 0) is 23.3 Å². The number of carbonyl (C=O) groups is 6. The third-order valence-electron chi connectivity index (χ3n) is 10.2. The molecule has 0 bridgehead atoms. The molecular weight excluding hydrogens is 808 g/mol. The average molecular weight is 859 g/mol. The molecule has 1 N–H and O–H groups in total. The lowest BCUT2D eigenvalue weighted by Crippen LogP contribution is -2.71. The van der Waals surface area contributed by atoms with Crippen molar-refractivity contribution < 1.29 is 71.4 Å². The number of amides is 3. The van der Waals surface area contributed by atoms with Gasteiger partial charge in [0.15, 0.2) is 24.8 Å². The summed E-state index contributed by atoms with van der Waals surface area (Å²) in [4.78, 5) is 80.0. The topological polar surface area (TPSA) is 201 Å². The van der Waals surface area contributed by atoms with Crippen molar-refractivity contribution in [3.8, 4) is 0 Å². The molecule has 2 saturated heterocycles. The second kappa shape index (κ2) is 21.3. The van der Waals surface area contributed by atoms with Gasteiger partial charge in [-0.3, -0.25) is 33.7 Å². The molecule has 0 unspecified atom stereocenters. The molecule has 0 spiro atoms. The number of nitrogens with one attached hydrogen (secondary N) is 1. The van der Waals surface area contributed by atoms with Crippen LogP contribution in [0.1, 0.15) is 59.5 Å². The van der Waals surface area contributed by atoms with Crippen molar-refractivity contribution in [3.05, 3.63) is 120 Å². The summed E-state index contributed by atoms with van der Waals surface area (Å²) in [5.41, 5.74) is 1.76. The highest BCUT2D eigenvalue weighted by atomic mass is 16.7. The van der Waals surface area contributed by atoms with Crippen LogP contribution in [0.5, 0.6) is 0 Å². The van der Waals surface area contributed by atoms with E-state index in [0.29, 0.717) is 0 Å². The van der Waals surface area contributed by atoms with Crippen LogP contribution in [0.3, 0.4) is 0 Å². The zero-order valence-corrected chi connectivity index (χ0v) is 34.7. The van der Waals surface area contributed by atoms with Crippen molar-refractivity contribution >= 4 is 35.6 Å². The van der Waals surface area contributed by atoms with Gasteiger partial charge < -0.3 is 47.9 Å². The number of nitrogens with zero attached hydrogens (tertiary/aromatic N) is 1. The van der Waals surface area contributed by atoms with E-state index in [1.165, 1.54) is 25.1 Å². The molecule has 330 valence electrons. The summed E-state index contributed by atoms with van der Waals surface area (Å²) >= 11 is 0. The molecule has 3 amide bonds. The first-order chi connectivity index (χ1) is 29.9. The van der Waals surface area contributed by atoms with E-state index in [2.05, 4.69) is 11.9 Å². The molecule has 3 aromatic rings. The van der Waals surface area contributed by atoms with Crippen molar-refractivity contribution in [1.82, 2.24) is 10.2 Å². The minimum Gasteiger partial charge on any atom is -0.463 e. The molecule has 0 aromatic heterocycles. The molecule has 10 atom stereocenters. The van der Waals surface area contributed by atoms with Crippen LogP contribution in [0.4, 0.5) is 0 Å². The van der Waals surface area contributed by atoms with Gasteiger partial charge in [-0.25, -0.2) is 0 Å². The van der Waals surface area contributed by atoms with Crippen molar-refractivity contribution in [1.29, 1.82) is 0 Å². The Hall–Kier alpha value is -5.82. The molecule has 3 heterocycles. The lowest BCUT2D eigenvalue weighted by molar-refractivity contribution is -0.342. The fourth-order valence-electron chi connectivity index (χ4n) is 7.63. The molecule has 62 heavy (non-hydrogen) atoms. The number of carbonyl (C=O) groups excluding carboxylic acids is 6. The lowest BCUT2D eigenvalue weighted by atomic mass is 9.93. The van der Waals surface area contributed by atoms with Gasteiger partial charge in [0.05, 0.1) is 37.6 Å². The Morgan fingerprint density at radius 1 is 0.661 bits per heavy atom. The summed E-state index contributed by atoms with van der Waals surface area (Å²) in [5.74, 6) is -4.44. The molecule has 17 heteroatoms. The highest BCUT2D eigenvalue weighted by molar-refractivity contribution is 6.21. The summed E-state index contributed by atoms with van der Waals surface area (Å²) in [7, 11) is 0. The van der Waals surface area contributed by atoms with E-state index in [0.717, 1.165) is 36.8 Å². The molecule has 3 aromatic carbocycles. The van der Waals surface area contributed by atoms with Gasteiger partial charge >= 0.3 is 17.9 Å². The van der Waals surface area contributed by atoms with E-state index < -0.39 is 104 Å². The van der Waals surface area contributed by atoms with E-state index in [1.807, 2.05) is 60.7 Å². The van der Waals surface area contributed by atoms with E-state index >= 15 is 0 Å². The van der Waals surface area contributed by atoms with Crippen molar-refractivity contribution in [3.63, 3.8) is 0 Å². The number of hydrogen-bond donors (Lipinski definition) is 1. The number of fused-ring (bicyclic) bond motifs is 1. The Morgan fingerprint density at radius 2 is 1.21 bits per heavy atom. The first-order valence-corrected chi connectivity index (χ1v) is 20.0. The summed E-state index contributed by atoms with van der Waals surface area (Å²) in [6, 6.07) is 22.0. The minimum atomic E-state index is -1.74. The Bertz CT molecular complexity index is 2030. The van der Waals surface area contributed by atoms with Crippen LogP contribution in [0.15, 0.2) is 97.6 Å². The molecule has 0 radical (unpaired) electrons. The highest BCUT2D eigenvalue weighted by Gasteiger charge is 2.59. The normalized spacial score (nSPS) is 26.9. The maximum atomic E-state index is 14.3. The Balaban J connectivity index is 1.46.